The maximum Gasteiger partial charge on any atom is 0.157 e. The smallest absolute Gasteiger partial charge is 0.157 e. The summed E-state index contributed by atoms with van der Waals surface area (Å²) in [5.74, 6) is 1.89. The van der Waals surface area contributed by atoms with Crippen molar-refractivity contribution in [3.63, 3.8) is 0 Å². The van der Waals surface area contributed by atoms with Gasteiger partial charge in [-0.2, -0.15) is 11.8 Å². The lowest BCUT2D eigenvalue weighted by molar-refractivity contribution is 0.589. The topological polar surface area (TPSA) is 59.9 Å². The van der Waals surface area contributed by atoms with Crippen molar-refractivity contribution in [2.45, 2.75) is 23.7 Å². The highest BCUT2D eigenvalue weighted by Crippen LogP contribution is 2.33. The molecular formula is C9H11ClN2O2S2. The summed E-state index contributed by atoms with van der Waals surface area (Å²) in [4.78, 5) is 8.36. The molecule has 0 bridgehead atoms. The van der Waals surface area contributed by atoms with E-state index in [9.17, 15) is 8.42 Å². The molecule has 1 aromatic rings. The number of halogens is 1. The fourth-order valence-corrected chi connectivity index (χ4v) is 3.27. The Hall–Kier alpha value is -0.330. The van der Waals surface area contributed by atoms with Gasteiger partial charge in [0.15, 0.2) is 9.84 Å². The minimum atomic E-state index is -3.18. The van der Waals surface area contributed by atoms with E-state index in [0.29, 0.717) is 11.0 Å². The molecule has 1 aliphatic rings. The third-order valence-electron chi connectivity index (χ3n) is 2.55. The number of hydrogen-bond acceptors (Lipinski definition) is 5. The molecule has 0 amide bonds. The summed E-state index contributed by atoms with van der Waals surface area (Å²) in [5.41, 5.74) is 1.81. The third kappa shape index (κ3) is 2.19. The van der Waals surface area contributed by atoms with Gasteiger partial charge in [0, 0.05) is 23.3 Å². The quantitative estimate of drug-likeness (QED) is 0.774. The molecule has 0 radical (unpaired) electrons. The SMILES string of the molecule is CC(c1nc(Cl)c2c(n1)CSC2)S(C)(=O)=O. The van der Waals surface area contributed by atoms with Gasteiger partial charge in [0.05, 0.1) is 5.69 Å². The first-order valence-electron chi connectivity index (χ1n) is 4.71. The molecule has 0 aromatic carbocycles. The van der Waals surface area contributed by atoms with Gasteiger partial charge in [-0.15, -0.1) is 0 Å². The fraction of sp³-hybridized carbons (Fsp3) is 0.556. The van der Waals surface area contributed by atoms with Crippen molar-refractivity contribution < 1.29 is 8.42 Å². The first-order chi connectivity index (χ1) is 7.39. The minimum Gasteiger partial charge on any atom is -0.235 e. The Kier molecular flexibility index (Phi) is 3.16. The van der Waals surface area contributed by atoms with Gasteiger partial charge < -0.3 is 0 Å². The van der Waals surface area contributed by atoms with Gasteiger partial charge in [-0.25, -0.2) is 18.4 Å². The summed E-state index contributed by atoms with van der Waals surface area (Å²) in [5, 5.41) is -0.318. The standard InChI is InChI=1S/C9H11ClN2O2S2/c1-5(16(2,13)14)9-11-7-4-15-3-6(7)8(10)12-9/h5H,3-4H2,1-2H3. The highest BCUT2D eigenvalue weighted by atomic mass is 35.5. The first kappa shape index (κ1) is 12.1. The molecule has 2 heterocycles. The van der Waals surface area contributed by atoms with E-state index in [1.54, 1.807) is 18.7 Å². The normalized spacial score (nSPS) is 17.2. The zero-order valence-corrected chi connectivity index (χ0v) is 11.3. The molecule has 7 heteroatoms. The number of fused-ring (bicyclic) bond motifs is 1. The Morgan fingerprint density at radius 3 is 2.69 bits per heavy atom. The zero-order valence-electron chi connectivity index (χ0n) is 8.90. The lowest BCUT2D eigenvalue weighted by Crippen LogP contribution is -2.13. The van der Waals surface area contributed by atoms with Crippen LogP contribution in [0, 0.1) is 0 Å². The van der Waals surface area contributed by atoms with E-state index >= 15 is 0 Å². The van der Waals surface area contributed by atoms with Crippen molar-refractivity contribution in [3.8, 4) is 0 Å². The van der Waals surface area contributed by atoms with Crippen LogP contribution < -0.4 is 0 Å². The average molecular weight is 279 g/mol. The third-order valence-corrected chi connectivity index (χ3v) is 5.33. The zero-order chi connectivity index (χ0) is 11.9. The molecular weight excluding hydrogens is 268 g/mol. The molecule has 16 heavy (non-hydrogen) atoms. The van der Waals surface area contributed by atoms with Crippen LogP contribution in [0.5, 0.6) is 0 Å². The second kappa shape index (κ2) is 4.16. The second-order valence-corrected chi connectivity index (χ2v) is 7.47. The van der Waals surface area contributed by atoms with Crippen molar-refractivity contribution in [1.29, 1.82) is 0 Å². The molecule has 0 saturated carbocycles. The molecule has 1 aromatic heterocycles. The fourth-order valence-electron chi connectivity index (χ4n) is 1.40. The van der Waals surface area contributed by atoms with Gasteiger partial charge >= 0.3 is 0 Å². The molecule has 0 spiro atoms. The van der Waals surface area contributed by atoms with Crippen LogP contribution in [-0.4, -0.2) is 24.6 Å². The van der Waals surface area contributed by atoms with Gasteiger partial charge in [-0.3, -0.25) is 0 Å². The van der Waals surface area contributed by atoms with Crippen LogP contribution in [0.4, 0.5) is 0 Å². The number of sulfone groups is 1. The van der Waals surface area contributed by atoms with Gasteiger partial charge in [-0.1, -0.05) is 11.6 Å². The summed E-state index contributed by atoms with van der Waals surface area (Å²) in [7, 11) is -3.18. The lowest BCUT2D eigenvalue weighted by Gasteiger charge is -2.10. The summed E-state index contributed by atoms with van der Waals surface area (Å²) < 4.78 is 22.8. The number of thioether (sulfide) groups is 1. The largest absolute Gasteiger partial charge is 0.235 e. The molecule has 0 aliphatic carbocycles. The van der Waals surface area contributed by atoms with Crippen LogP contribution >= 0.6 is 23.4 Å². The maximum absolute atomic E-state index is 11.4. The number of rotatable bonds is 2. The van der Waals surface area contributed by atoms with E-state index in [0.717, 1.165) is 22.8 Å². The molecule has 0 fully saturated rings. The van der Waals surface area contributed by atoms with E-state index in [4.69, 9.17) is 11.6 Å². The number of nitrogens with zero attached hydrogens (tertiary/aromatic N) is 2. The lowest BCUT2D eigenvalue weighted by atomic mass is 10.2. The molecule has 0 N–H and O–H groups in total. The highest BCUT2D eigenvalue weighted by Gasteiger charge is 2.25. The van der Waals surface area contributed by atoms with Gasteiger partial charge in [0.2, 0.25) is 0 Å². The van der Waals surface area contributed by atoms with Crippen LogP contribution in [0.15, 0.2) is 0 Å². The van der Waals surface area contributed by atoms with Crippen LogP contribution in [0.1, 0.15) is 29.3 Å². The Balaban J connectivity index is 2.49. The molecule has 88 valence electrons. The van der Waals surface area contributed by atoms with Crippen LogP contribution in [0.25, 0.3) is 0 Å². The molecule has 1 aliphatic heterocycles. The molecule has 4 nitrogen and oxygen atoms in total. The minimum absolute atomic E-state index is 0.300. The average Bonchev–Trinajstić information content (AvgIpc) is 2.63. The van der Waals surface area contributed by atoms with Crippen LogP contribution in [-0.2, 0) is 21.3 Å². The Bertz CT molecular complexity index is 531. The van der Waals surface area contributed by atoms with Crippen LogP contribution in [0.2, 0.25) is 5.15 Å². The van der Waals surface area contributed by atoms with Crippen molar-refractivity contribution in [3.05, 3.63) is 22.2 Å². The molecule has 1 unspecified atom stereocenters. The molecule has 0 saturated heterocycles. The maximum atomic E-state index is 11.4. The first-order valence-corrected chi connectivity index (χ1v) is 8.20. The number of aromatic nitrogens is 2. The molecule has 1 atom stereocenters. The van der Waals surface area contributed by atoms with E-state index in [1.165, 1.54) is 6.26 Å². The van der Waals surface area contributed by atoms with Crippen molar-refractivity contribution in [2.75, 3.05) is 6.26 Å². The van der Waals surface area contributed by atoms with Crippen molar-refractivity contribution in [1.82, 2.24) is 9.97 Å². The monoisotopic (exact) mass is 278 g/mol. The summed E-state index contributed by atoms with van der Waals surface area (Å²) in [6.07, 6.45) is 1.18. The van der Waals surface area contributed by atoms with E-state index in [-0.39, 0.29) is 0 Å². The van der Waals surface area contributed by atoms with Gasteiger partial charge in [0.25, 0.3) is 0 Å². The van der Waals surface area contributed by atoms with Crippen molar-refractivity contribution in [2.24, 2.45) is 0 Å². The summed E-state index contributed by atoms with van der Waals surface area (Å²) >= 11 is 7.72. The Morgan fingerprint density at radius 2 is 2.06 bits per heavy atom. The van der Waals surface area contributed by atoms with E-state index in [1.807, 2.05) is 0 Å². The van der Waals surface area contributed by atoms with Gasteiger partial charge in [0.1, 0.15) is 16.2 Å². The molecule has 2 rings (SSSR count). The predicted molar refractivity (Wildman–Crippen MR) is 65.3 cm³/mol. The summed E-state index contributed by atoms with van der Waals surface area (Å²) in [6.45, 7) is 1.58. The van der Waals surface area contributed by atoms with E-state index in [2.05, 4.69) is 9.97 Å². The summed E-state index contributed by atoms with van der Waals surface area (Å²) in [6, 6.07) is 0. The van der Waals surface area contributed by atoms with Crippen molar-refractivity contribution >= 4 is 33.2 Å². The van der Waals surface area contributed by atoms with Crippen LogP contribution in [0.3, 0.4) is 0 Å². The predicted octanol–water partition coefficient (Wildman–Crippen LogP) is 1.98. The Labute approximate surface area is 104 Å². The highest BCUT2D eigenvalue weighted by molar-refractivity contribution is 7.98. The van der Waals surface area contributed by atoms with Gasteiger partial charge in [-0.05, 0) is 6.92 Å². The van der Waals surface area contributed by atoms with E-state index < -0.39 is 15.1 Å². The Morgan fingerprint density at radius 1 is 1.38 bits per heavy atom. The second-order valence-electron chi connectivity index (χ2n) is 3.76. The number of hydrogen-bond donors (Lipinski definition) is 0.